The third kappa shape index (κ3) is 3.27. The fourth-order valence-electron chi connectivity index (χ4n) is 2.34. The van der Waals surface area contributed by atoms with Crippen LogP contribution in [-0.2, 0) is 0 Å². The van der Waals surface area contributed by atoms with Crippen molar-refractivity contribution in [2.45, 2.75) is 37.0 Å². The van der Waals surface area contributed by atoms with Gasteiger partial charge in [0.1, 0.15) is 6.33 Å². The van der Waals surface area contributed by atoms with Gasteiger partial charge < -0.3 is 5.32 Å². The van der Waals surface area contributed by atoms with Gasteiger partial charge in [-0.2, -0.15) is 11.8 Å². The smallest absolute Gasteiger partial charge is 0.348 e. The summed E-state index contributed by atoms with van der Waals surface area (Å²) in [4.78, 5) is 18.1. The van der Waals surface area contributed by atoms with E-state index in [0.29, 0.717) is 5.25 Å². The average Bonchev–Trinajstić information content (AvgIpc) is 2.39. The van der Waals surface area contributed by atoms with Gasteiger partial charge in [-0.05, 0) is 19.1 Å². The Hall–Kier alpha value is -1.08. The minimum absolute atomic E-state index is 0.126. The Kier molecular flexibility index (Phi) is 4.81. The predicted molar refractivity (Wildman–Crippen MR) is 76.9 cm³/mol. The summed E-state index contributed by atoms with van der Waals surface area (Å²) in [6.45, 7) is 0. The van der Waals surface area contributed by atoms with Crippen molar-refractivity contribution in [1.82, 2.24) is 9.97 Å². The van der Waals surface area contributed by atoms with E-state index in [9.17, 15) is 10.1 Å². The van der Waals surface area contributed by atoms with Gasteiger partial charge in [0.2, 0.25) is 11.0 Å². The first-order valence-electron chi connectivity index (χ1n) is 6.07. The molecule has 8 heteroatoms. The molecule has 0 saturated heterocycles. The molecule has 2 unspecified atom stereocenters. The van der Waals surface area contributed by atoms with Crippen LogP contribution in [0.4, 0.5) is 11.5 Å². The number of halogens is 1. The maximum Gasteiger partial charge on any atom is 0.348 e. The standard InChI is InChI=1S/C11H15ClN4O2S/c1-19-8-5-3-2-4-7(8)15-11-9(16(17)18)10(12)13-6-14-11/h6-8H,2-5H2,1H3,(H,13,14,15). The van der Waals surface area contributed by atoms with E-state index in [2.05, 4.69) is 21.5 Å². The quantitative estimate of drug-likeness (QED) is 0.523. The van der Waals surface area contributed by atoms with Gasteiger partial charge in [-0.25, -0.2) is 9.97 Å². The van der Waals surface area contributed by atoms with Gasteiger partial charge in [-0.15, -0.1) is 0 Å². The van der Waals surface area contributed by atoms with Crippen molar-refractivity contribution in [1.29, 1.82) is 0 Å². The van der Waals surface area contributed by atoms with Gasteiger partial charge in [-0.1, -0.05) is 24.4 Å². The van der Waals surface area contributed by atoms with Crippen LogP contribution in [0.3, 0.4) is 0 Å². The lowest BCUT2D eigenvalue weighted by Crippen LogP contribution is -2.34. The van der Waals surface area contributed by atoms with Gasteiger partial charge >= 0.3 is 5.69 Å². The Bertz CT molecular complexity index is 474. The summed E-state index contributed by atoms with van der Waals surface area (Å²) in [5, 5.41) is 14.5. The molecule has 1 aromatic rings. The number of hydrogen-bond donors (Lipinski definition) is 1. The molecule has 1 N–H and O–H groups in total. The number of nitrogens with zero attached hydrogens (tertiary/aromatic N) is 3. The van der Waals surface area contributed by atoms with Crippen LogP contribution < -0.4 is 5.32 Å². The first-order chi connectivity index (χ1) is 9.13. The molecule has 1 fully saturated rings. The predicted octanol–water partition coefficient (Wildman–Crippen LogP) is 3.12. The lowest BCUT2D eigenvalue weighted by atomic mass is 9.95. The number of hydrogen-bond acceptors (Lipinski definition) is 6. The number of rotatable bonds is 4. The highest BCUT2D eigenvalue weighted by Crippen LogP contribution is 2.33. The summed E-state index contributed by atoms with van der Waals surface area (Å²) in [5.41, 5.74) is -0.241. The second kappa shape index (κ2) is 6.38. The van der Waals surface area contributed by atoms with Gasteiger partial charge in [0.15, 0.2) is 0 Å². The summed E-state index contributed by atoms with van der Waals surface area (Å²) >= 11 is 7.56. The normalized spacial score (nSPS) is 23.1. The number of thioether (sulfide) groups is 1. The molecule has 2 rings (SSSR count). The monoisotopic (exact) mass is 302 g/mol. The van der Waals surface area contributed by atoms with Crippen LogP contribution in [-0.4, -0.2) is 32.4 Å². The van der Waals surface area contributed by atoms with Crippen LogP contribution >= 0.6 is 23.4 Å². The fourth-order valence-corrected chi connectivity index (χ4v) is 3.48. The first-order valence-corrected chi connectivity index (χ1v) is 7.74. The van der Waals surface area contributed by atoms with Crippen LogP contribution in [0.5, 0.6) is 0 Å². The van der Waals surface area contributed by atoms with Gasteiger partial charge in [-0.3, -0.25) is 10.1 Å². The zero-order valence-electron chi connectivity index (χ0n) is 10.5. The van der Waals surface area contributed by atoms with E-state index < -0.39 is 4.92 Å². The molecule has 104 valence electrons. The molecular formula is C11H15ClN4O2S. The van der Waals surface area contributed by atoms with E-state index in [-0.39, 0.29) is 22.7 Å². The number of nitro groups is 1. The third-order valence-corrected chi connectivity index (χ3v) is 4.73. The lowest BCUT2D eigenvalue weighted by molar-refractivity contribution is -0.384. The van der Waals surface area contributed by atoms with Gasteiger partial charge in [0.25, 0.3) is 0 Å². The van der Waals surface area contributed by atoms with Crippen LogP contribution in [0.25, 0.3) is 0 Å². The van der Waals surface area contributed by atoms with Gasteiger partial charge in [0, 0.05) is 11.3 Å². The van der Waals surface area contributed by atoms with Crippen LogP contribution in [0.1, 0.15) is 25.7 Å². The van der Waals surface area contributed by atoms with Crippen molar-refractivity contribution in [2.24, 2.45) is 0 Å². The molecule has 0 radical (unpaired) electrons. The molecule has 2 atom stereocenters. The lowest BCUT2D eigenvalue weighted by Gasteiger charge is -2.31. The summed E-state index contributed by atoms with van der Waals surface area (Å²) in [6, 6.07) is 0.188. The van der Waals surface area contributed by atoms with Crippen molar-refractivity contribution in [2.75, 3.05) is 11.6 Å². The topological polar surface area (TPSA) is 81.0 Å². The maximum atomic E-state index is 11.0. The zero-order valence-corrected chi connectivity index (χ0v) is 12.1. The van der Waals surface area contributed by atoms with E-state index in [1.807, 2.05) is 0 Å². The molecule has 19 heavy (non-hydrogen) atoms. The highest BCUT2D eigenvalue weighted by Gasteiger charge is 2.28. The van der Waals surface area contributed by atoms with Crippen molar-refractivity contribution in [3.63, 3.8) is 0 Å². The average molecular weight is 303 g/mol. The van der Waals surface area contributed by atoms with Crippen LogP contribution in [0.15, 0.2) is 6.33 Å². The highest BCUT2D eigenvalue weighted by atomic mass is 35.5. The van der Waals surface area contributed by atoms with Crippen molar-refractivity contribution in [3.8, 4) is 0 Å². The molecule has 0 aromatic carbocycles. The minimum Gasteiger partial charge on any atom is -0.360 e. The molecule has 0 aliphatic heterocycles. The Morgan fingerprint density at radius 3 is 2.89 bits per heavy atom. The Balaban J connectivity index is 2.22. The number of nitrogens with one attached hydrogen (secondary N) is 1. The van der Waals surface area contributed by atoms with E-state index in [1.54, 1.807) is 11.8 Å². The first kappa shape index (κ1) is 14.3. The molecule has 0 amide bonds. The summed E-state index contributed by atoms with van der Waals surface area (Å²) in [5.74, 6) is 0.218. The van der Waals surface area contributed by atoms with E-state index in [4.69, 9.17) is 11.6 Å². The maximum absolute atomic E-state index is 11.0. The Morgan fingerprint density at radius 2 is 2.21 bits per heavy atom. The third-order valence-electron chi connectivity index (χ3n) is 3.29. The minimum atomic E-state index is -0.540. The summed E-state index contributed by atoms with van der Waals surface area (Å²) < 4.78 is 0. The molecule has 0 bridgehead atoms. The van der Waals surface area contributed by atoms with Crippen molar-refractivity contribution < 1.29 is 4.92 Å². The Labute approximate surface area is 120 Å². The molecule has 0 spiro atoms. The number of anilines is 1. The number of aromatic nitrogens is 2. The van der Waals surface area contributed by atoms with E-state index in [0.717, 1.165) is 19.3 Å². The fraction of sp³-hybridized carbons (Fsp3) is 0.636. The zero-order chi connectivity index (χ0) is 13.8. The Morgan fingerprint density at radius 1 is 1.47 bits per heavy atom. The molecule has 1 heterocycles. The van der Waals surface area contributed by atoms with Crippen molar-refractivity contribution >= 4 is 34.9 Å². The molecule has 1 aliphatic carbocycles. The summed E-state index contributed by atoms with van der Waals surface area (Å²) in [6.07, 6.45) is 7.74. The molecule has 1 aromatic heterocycles. The van der Waals surface area contributed by atoms with E-state index >= 15 is 0 Å². The molecule has 1 aliphatic rings. The highest BCUT2D eigenvalue weighted by molar-refractivity contribution is 7.99. The van der Waals surface area contributed by atoms with Crippen LogP contribution in [0, 0.1) is 10.1 Å². The van der Waals surface area contributed by atoms with E-state index in [1.165, 1.54) is 12.7 Å². The molecule has 6 nitrogen and oxygen atoms in total. The molecular weight excluding hydrogens is 288 g/mol. The van der Waals surface area contributed by atoms with Crippen LogP contribution in [0.2, 0.25) is 5.15 Å². The van der Waals surface area contributed by atoms with Crippen molar-refractivity contribution in [3.05, 3.63) is 21.6 Å². The largest absolute Gasteiger partial charge is 0.360 e. The summed E-state index contributed by atoms with van der Waals surface area (Å²) in [7, 11) is 0. The SMILES string of the molecule is CSC1CCCCC1Nc1ncnc(Cl)c1[N+](=O)[O-]. The van der Waals surface area contributed by atoms with Gasteiger partial charge in [0.05, 0.1) is 4.92 Å². The molecule has 1 saturated carbocycles. The second-order valence-electron chi connectivity index (χ2n) is 4.43. The second-order valence-corrected chi connectivity index (χ2v) is 5.86.